The van der Waals surface area contributed by atoms with Crippen LogP contribution in [-0.4, -0.2) is 4.98 Å². The fourth-order valence-electron chi connectivity index (χ4n) is 2.10. The van der Waals surface area contributed by atoms with Gasteiger partial charge < -0.3 is 0 Å². The van der Waals surface area contributed by atoms with Gasteiger partial charge in [0.05, 0.1) is 6.04 Å². The van der Waals surface area contributed by atoms with Crippen molar-refractivity contribution in [3.05, 3.63) is 64.7 Å². The lowest BCUT2D eigenvalue weighted by atomic mass is 9.97. The van der Waals surface area contributed by atoms with Crippen molar-refractivity contribution in [2.45, 2.75) is 19.9 Å². The lowest BCUT2D eigenvalue weighted by Crippen LogP contribution is -2.29. The Bertz CT molecular complexity index is 534. The molecule has 0 spiro atoms. The molecule has 0 radical (unpaired) electrons. The Morgan fingerprint density at radius 1 is 1.28 bits per heavy atom. The van der Waals surface area contributed by atoms with Crippen molar-refractivity contribution in [1.82, 2.24) is 10.4 Å². The van der Waals surface area contributed by atoms with E-state index in [1.54, 1.807) is 6.20 Å². The second kappa shape index (κ2) is 5.25. The van der Waals surface area contributed by atoms with E-state index in [1.165, 1.54) is 12.1 Å². The van der Waals surface area contributed by atoms with Crippen LogP contribution in [0, 0.1) is 19.7 Å². The number of benzene rings is 1. The van der Waals surface area contributed by atoms with E-state index in [0.29, 0.717) is 0 Å². The molecule has 1 unspecified atom stereocenters. The summed E-state index contributed by atoms with van der Waals surface area (Å²) in [6.07, 6.45) is 1.73. The fourth-order valence-corrected chi connectivity index (χ4v) is 2.10. The summed E-state index contributed by atoms with van der Waals surface area (Å²) < 4.78 is 13.5. The summed E-state index contributed by atoms with van der Waals surface area (Å²) in [6.45, 7) is 3.77. The van der Waals surface area contributed by atoms with Gasteiger partial charge in [-0.3, -0.25) is 10.8 Å². The van der Waals surface area contributed by atoms with Crippen LogP contribution in [0.1, 0.15) is 28.4 Å². The number of hydrogen-bond acceptors (Lipinski definition) is 3. The highest BCUT2D eigenvalue weighted by Gasteiger charge is 2.16. The number of pyridine rings is 1. The summed E-state index contributed by atoms with van der Waals surface area (Å²) in [5, 5.41) is 0. The Labute approximate surface area is 106 Å². The Morgan fingerprint density at radius 3 is 2.67 bits per heavy atom. The van der Waals surface area contributed by atoms with Gasteiger partial charge in [0.2, 0.25) is 0 Å². The normalized spacial score (nSPS) is 12.4. The van der Waals surface area contributed by atoms with E-state index >= 15 is 0 Å². The maximum absolute atomic E-state index is 13.5. The van der Waals surface area contributed by atoms with Crippen molar-refractivity contribution < 1.29 is 4.39 Å². The van der Waals surface area contributed by atoms with E-state index in [1.807, 2.05) is 32.0 Å². The molecule has 1 atom stereocenters. The molecule has 0 bridgehead atoms. The van der Waals surface area contributed by atoms with Crippen molar-refractivity contribution in [2.24, 2.45) is 5.84 Å². The number of rotatable bonds is 3. The van der Waals surface area contributed by atoms with Gasteiger partial charge in [-0.05, 0) is 48.7 Å². The fraction of sp³-hybridized carbons (Fsp3) is 0.214. The van der Waals surface area contributed by atoms with Crippen LogP contribution in [0.3, 0.4) is 0 Å². The molecular weight excluding hydrogens is 229 g/mol. The molecule has 0 fully saturated rings. The van der Waals surface area contributed by atoms with Crippen LogP contribution in [0.4, 0.5) is 4.39 Å². The molecule has 1 aromatic carbocycles. The highest BCUT2D eigenvalue weighted by molar-refractivity contribution is 5.35. The molecule has 3 nitrogen and oxygen atoms in total. The predicted octanol–water partition coefficient (Wildman–Crippen LogP) is 2.39. The molecule has 0 aliphatic carbocycles. The number of aromatic nitrogens is 1. The zero-order chi connectivity index (χ0) is 13.1. The highest BCUT2D eigenvalue weighted by Crippen LogP contribution is 2.24. The summed E-state index contributed by atoms with van der Waals surface area (Å²) in [4.78, 5) is 4.23. The first-order chi connectivity index (χ1) is 8.61. The first kappa shape index (κ1) is 12.7. The predicted molar refractivity (Wildman–Crippen MR) is 69.3 cm³/mol. The minimum absolute atomic E-state index is 0.256. The monoisotopic (exact) mass is 245 g/mol. The summed E-state index contributed by atoms with van der Waals surface area (Å²) in [7, 11) is 0. The van der Waals surface area contributed by atoms with Gasteiger partial charge in [-0.15, -0.1) is 0 Å². The number of nitrogens with two attached hydrogens (primary N) is 1. The summed E-state index contributed by atoms with van der Waals surface area (Å²) >= 11 is 0. The molecule has 0 amide bonds. The number of halogens is 1. The molecule has 2 aromatic rings. The molecule has 1 heterocycles. The number of nitrogens with one attached hydrogen (secondary N) is 1. The van der Waals surface area contributed by atoms with Crippen LogP contribution in [-0.2, 0) is 0 Å². The van der Waals surface area contributed by atoms with E-state index in [9.17, 15) is 4.39 Å². The van der Waals surface area contributed by atoms with Gasteiger partial charge in [0.15, 0.2) is 0 Å². The Hall–Kier alpha value is -1.78. The molecule has 0 saturated heterocycles. The molecular formula is C14H16FN3. The van der Waals surface area contributed by atoms with Gasteiger partial charge in [-0.2, -0.15) is 0 Å². The zero-order valence-electron chi connectivity index (χ0n) is 10.4. The quantitative estimate of drug-likeness (QED) is 0.645. The second-order valence-corrected chi connectivity index (χ2v) is 4.34. The van der Waals surface area contributed by atoms with Gasteiger partial charge in [-0.1, -0.05) is 12.1 Å². The lowest BCUT2D eigenvalue weighted by Gasteiger charge is -2.19. The van der Waals surface area contributed by atoms with E-state index in [2.05, 4.69) is 10.4 Å². The number of hydrogen-bond donors (Lipinski definition) is 2. The van der Waals surface area contributed by atoms with E-state index in [4.69, 9.17) is 5.84 Å². The second-order valence-electron chi connectivity index (χ2n) is 4.34. The minimum Gasteiger partial charge on any atom is -0.271 e. The number of hydrazine groups is 1. The van der Waals surface area contributed by atoms with E-state index < -0.39 is 0 Å². The smallest absolute Gasteiger partial charge is 0.123 e. The van der Waals surface area contributed by atoms with Gasteiger partial charge in [0, 0.05) is 11.9 Å². The molecule has 0 saturated carbocycles. The Kier molecular flexibility index (Phi) is 3.69. The van der Waals surface area contributed by atoms with Crippen molar-refractivity contribution >= 4 is 0 Å². The van der Waals surface area contributed by atoms with Crippen LogP contribution >= 0.6 is 0 Å². The van der Waals surface area contributed by atoms with Crippen LogP contribution in [0.2, 0.25) is 0 Å². The maximum Gasteiger partial charge on any atom is 0.123 e. The van der Waals surface area contributed by atoms with Crippen LogP contribution in [0.5, 0.6) is 0 Å². The Balaban J connectivity index is 2.48. The topological polar surface area (TPSA) is 50.9 Å². The molecule has 1 aromatic heterocycles. The lowest BCUT2D eigenvalue weighted by molar-refractivity contribution is 0.601. The molecule has 4 heteroatoms. The van der Waals surface area contributed by atoms with Crippen molar-refractivity contribution in [3.63, 3.8) is 0 Å². The average Bonchev–Trinajstić information content (AvgIpc) is 2.31. The largest absolute Gasteiger partial charge is 0.271 e. The molecule has 18 heavy (non-hydrogen) atoms. The number of aryl methyl sites for hydroxylation is 2. The zero-order valence-corrected chi connectivity index (χ0v) is 10.4. The average molecular weight is 245 g/mol. The first-order valence-electron chi connectivity index (χ1n) is 5.76. The van der Waals surface area contributed by atoms with Gasteiger partial charge in [-0.25, -0.2) is 9.82 Å². The molecule has 0 aliphatic heterocycles. The molecule has 2 rings (SSSR count). The van der Waals surface area contributed by atoms with Gasteiger partial charge in [0.1, 0.15) is 5.82 Å². The Morgan fingerprint density at radius 2 is 2.06 bits per heavy atom. The van der Waals surface area contributed by atoms with Crippen molar-refractivity contribution in [3.8, 4) is 0 Å². The standard InChI is InChI=1S/C14H16FN3/c1-9-6-11(8-12(15)7-9)14(18-16)13-4-3-5-17-10(13)2/h3-8,14,18H,16H2,1-2H3. The SMILES string of the molecule is Cc1cc(F)cc(C(NN)c2cccnc2C)c1. The summed E-state index contributed by atoms with van der Waals surface area (Å²) in [5.74, 6) is 5.35. The molecule has 0 aliphatic rings. The molecule has 94 valence electrons. The van der Waals surface area contributed by atoms with E-state index in [-0.39, 0.29) is 11.9 Å². The van der Waals surface area contributed by atoms with Crippen LogP contribution in [0.15, 0.2) is 36.5 Å². The van der Waals surface area contributed by atoms with E-state index in [0.717, 1.165) is 22.4 Å². The maximum atomic E-state index is 13.5. The highest BCUT2D eigenvalue weighted by atomic mass is 19.1. The summed E-state index contributed by atoms with van der Waals surface area (Å²) in [5.41, 5.74) is 6.21. The van der Waals surface area contributed by atoms with Gasteiger partial charge in [0.25, 0.3) is 0 Å². The molecule has 3 N–H and O–H groups in total. The first-order valence-corrected chi connectivity index (χ1v) is 5.76. The minimum atomic E-state index is -0.258. The number of nitrogens with zero attached hydrogens (tertiary/aromatic N) is 1. The third-order valence-electron chi connectivity index (χ3n) is 2.92. The van der Waals surface area contributed by atoms with Crippen LogP contribution in [0.25, 0.3) is 0 Å². The van der Waals surface area contributed by atoms with Crippen molar-refractivity contribution in [2.75, 3.05) is 0 Å². The van der Waals surface area contributed by atoms with Gasteiger partial charge >= 0.3 is 0 Å². The van der Waals surface area contributed by atoms with Crippen molar-refractivity contribution in [1.29, 1.82) is 0 Å². The third-order valence-corrected chi connectivity index (χ3v) is 2.92. The third kappa shape index (κ3) is 2.55. The van der Waals surface area contributed by atoms with Crippen LogP contribution < -0.4 is 11.3 Å². The summed E-state index contributed by atoms with van der Waals surface area (Å²) in [6, 6.07) is 8.43.